The van der Waals surface area contributed by atoms with Crippen LogP contribution >= 0.6 is 0 Å². The van der Waals surface area contributed by atoms with E-state index in [2.05, 4.69) is 0 Å². The summed E-state index contributed by atoms with van der Waals surface area (Å²) in [5, 5.41) is 0. The predicted octanol–water partition coefficient (Wildman–Crippen LogP) is 3.01. The van der Waals surface area contributed by atoms with E-state index in [1.54, 1.807) is 20.8 Å². The minimum Gasteiger partial charge on any atom is -0.459 e. The van der Waals surface area contributed by atoms with Crippen molar-refractivity contribution in [3.05, 3.63) is 0 Å². The van der Waals surface area contributed by atoms with Gasteiger partial charge in [0.15, 0.2) is 0 Å². The lowest BCUT2D eigenvalue weighted by Crippen LogP contribution is -2.42. The molecule has 0 heterocycles. The summed E-state index contributed by atoms with van der Waals surface area (Å²) in [5.74, 6) is -0.986. The molecule has 1 saturated carbocycles. The third-order valence-electron chi connectivity index (χ3n) is 2.72. The van der Waals surface area contributed by atoms with E-state index in [9.17, 15) is 13.6 Å². The molecule has 1 atom stereocenters. The molecule has 0 aromatic heterocycles. The molecule has 0 bridgehead atoms. The first-order valence-electron chi connectivity index (χ1n) is 5.19. The van der Waals surface area contributed by atoms with Gasteiger partial charge in [-0.25, -0.2) is 8.78 Å². The standard InChI is InChI=1S/C11H18F2O2/c1-10(2,3)15-9(14)11(4,8(12)13)7-5-6-7/h7-8H,5-6H2,1-4H3. The third-order valence-corrected chi connectivity index (χ3v) is 2.72. The minimum atomic E-state index is -2.65. The predicted molar refractivity (Wildman–Crippen MR) is 52.7 cm³/mol. The highest BCUT2D eigenvalue weighted by molar-refractivity contribution is 5.78. The molecule has 0 N–H and O–H groups in total. The van der Waals surface area contributed by atoms with Crippen LogP contribution < -0.4 is 0 Å². The first-order chi connectivity index (χ1) is 6.68. The smallest absolute Gasteiger partial charge is 0.318 e. The number of carbonyl (C=O) groups is 1. The summed E-state index contributed by atoms with van der Waals surface area (Å²) in [5.41, 5.74) is -2.32. The zero-order chi connectivity index (χ0) is 11.9. The Kier molecular flexibility index (Phi) is 3.08. The van der Waals surface area contributed by atoms with E-state index in [0.717, 1.165) is 0 Å². The lowest BCUT2D eigenvalue weighted by atomic mass is 9.85. The summed E-state index contributed by atoms with van der Waals surface area (Å²) in [6.45, 7) is 6.36. The summed E-state index contributed by atoms with van der Waals surface area (Å²) in [4.78, 5) is 11.7. The Bertz CT molecular complexity index is 250. The second kappa shape index (κ2) is 3.72. The maximum Gasteiger partial charge on any atom is 0.318 e. The molecule has 0 aromatic rings. The molecule has 1 fully saturated rings. The van der Waals surface area contributed by atoms with Crippen LogP contribution in [0, 0.1) is 11.3 Å². The Labute approximate surface area is 89.0 Å². The van der Waals surface area contributed by atoms with Gasteiger partial charge in [0, 0.05) is 0 Å². The number of esters is 1. The minimum absolute atomic E-state index is 0.215. The Morgan fingerprint density at radius 1 is 1.27 bits per heavy atom. The Balaban J connectivity index is 2.77. The van der Waals surface area contributed by atoms with Crippen molar-refractivity contribution in [3.63, 3.8) is 0 Å². The van der Waals surface area contributed by atoms with Gasteiger partial charge >= 0.3 is 5.97 Å². The monoisotopic (exact) mass is 220 g/mol. The molecule has 4 heteroatoms. The highest BCUT2D eigenvalue weighted by Gasteiger charge is 2.55. The topological polar surface area (TPSA) is 26.3 Å². The fourth-order valence-corrected chi connectivity index (χ4v) is 1.50. The van der Waals surface area contributed by atoms with Crippen LogP contribution in [0.15, 0.2) is 0 Å². The van der Waals surface area contributed by atoms with Gasteiger partial charge in [-0.1, -0.05) is 0 Å². The normalized spacial score (nSPS) is 21.3. The van der Waals surface area contributed by atoms with E-state index in [1.165, 1.54) is 6.92 Å². The molecule has 0 spiro atoms. The van der Waals surface area contributed by atoms with E-state index >= 15 is 0 Å². The van der Waals surface area contributed by atoms with Crippen LogP contribution in [0.25, 0.3) is 0 Å². The van der Waals surface area contributed by atoms with Crippen LogP contribution in [0.2, 0.25) is 0 Å². The Morgan fingerprint density at radius 3 is 2.00 bits per heavy atom. The maximum absolute atomic E-state index is 12.9. The zero-order valence-corrected chi connectivity index (χ0v) is 9.64. The van der Waals surface area contributed by atoms with Crippen molar-refractivity contribution in [2.75, 3.05) is 0 Å². The number of hydrogen-bond acceptors (Lipinski definition) is 2. The highest BCUT2D eigenvalue weighted by atomic mass is 19.3. The summed E-state index contributed by atoms with van der Waals surface area (Å²) < 4.78 is 30.8. The van der Waals surface area contributed by atoms with Gasteiger partial charge in [0.2, 0.25) is 0 Å². The summed E-state index contributed by atoms with van der Waals surface area (Å²) in [7, 11) is 0. The molecule has 15 heavy (non-hydrogen) atoms. The molecule has 0 aliphatic heterocycles. The highest BCUT2D eigenvalue weighted by Crippen LogP contribution is 2.50. The largest absolute Gasteiger partial charge is 0.459 e. The fraction of sp³-hybridized carbons (Fsp3) is 0.909. The van der Waals surface area contributed by atoms with Gasteiger partial charge < -0.3 is 4.74 Å². The molecule has 0 radical (unpaired) electrons. The van der Waals surface area contributed by atoms with Crippen LogP contribution in [0.3, 0.4) is 0 Å². The van der Waals surface area contributed by atoms with Crippen molar-refractivity contribution in [2.45, 2.75) is 52.6 Å². The molecule has 0 aromatic carbocycles. The lowest BCUT2D eigenvalue weighted by Gasteiger charge is -2.30. The number of alkyl halides is 2. The average Bonchev–Trinajstić information content (AvgIpc) is 2.80. The van der Waals surface area contributed by atoms with Gasteiger partial charge in [-0.3, -0.25) is 4.79 Å². The maximum atomic E-state index is 12.9. The van der Waals surface area contributed by atoms with Gasteiger partial charge in [0.1, 0.15) is 11.0 Å². The van der Waals surface area contributed by atoms with Gasteiger partial charge in [0.05, 0.1) is 0 Å². The molecule has 0 saturated heterocycles. The number of rotatable bonds is 3. The van der Waals surface area contributed by atoms with E-state index in [-0.39, 0.29) is 5.92 Å². The van der Waals surface area contributed by atoms with Crippen LogP contribution in [-0.4, -0.2) is 18.0 Å². The van der Waals surface area contributed by atoms with E-state index in [4.69, 9.17) is 4.74 Å². The molecular weight excluding hydrogens is 202 g/mol. The van der Waals surface area contributed by atoms with Gasteiger partial charge in [-0.2, -0.15) is 0 Å². The summed E-state index contributed by atoms with van der Waals surface area (Å²) in [6, 6.07) is 0. The van der Waals surface area contributed by atoms with Crippen LogP contribution in [0.5, 0.6) is 0 Å². The van der Waals surface area contributed by atoms with Gasteiger partial charge in [0.25, 0.3) is 6.43 Å². The quantitative estimate of drug-likeness (QED) is 0.683. The second-order valence-corrected chi connectivity index (χ2v) is 5.36. The SMILES string of the molecule is CC(C)(C)OC(=O)C(C)(C(F)F)C1CC1. The van der Waals surface area contributed by atoms with E-state index < -0.39 is 23.4 Å². The number of carbonyl (C=O) groups excluding carboxylic acids is 1. The lowest BCUT2D eigenvalue weighted by molar-refractivity contribution is -0.178. The third kappa shape index (κ3) is 2.67. The first kappa shape index (κ1) is 12.4. The van der Waals surface area contributed by atoms with E-state index in [1.807, 2.05) is 0 Å². The Morgan fingerprint density at radius 2 is 1.73 bits per heavy atom. The molecule has 88 valence electrons. The number of ether oxygens (including phenoxy) is 1. The van der Waals surface area contributed by atoms with Crippen molar-refractivity contribution in [2.24, 2.45) is 11.3 Å². The zero-order valence-electron chi connectivity index (χ0n) is 9.64. The van der Waals surface area contributed by atoms with Gasteiger partial charge in [-0.05, 0) is 46.5 Å². The number of halogens is 2. The molecular formula is C11H18F2O2. The molecule has 2 nitrogen and oxygen atoms in total. The van der Waals surface area contributed by atoms with Crippen molar-refractivity contribution >= 4 is 5.97 Å². The molecule has 1 aliphatic rings. The Hall–Kier alpha value is -0.670. The first-order valence-corrected chi connectivity index (χ1v) is 5.19. The fourth-order valence-electron chi connectivity index (χ4n) is 1.50. The molecule has 0 amide bonds. The average molecular weight is 220 g/mol. The second-order valence-electron chi connectivity index (χ2n) is 5.36. The number of hydrogen-bond donors (Lipinski definition) is 0. The van der Waals surface area contributed by atoms with Gasteiger partial charge in [-0.15, -0.1) is 0 Å². The molecule has 1 aliphatic carbocycles. The summed E-state index contributed by atoms with van der Waals surface area (Å²) >= 11 is 0. The van der Waals surface area contributed by atoms with Crippen molar-refractivity contribution in [1.29, 1.82) is 0 Å². The van der Waals surface area contributed by atoms with E-state index in [0.29, 0.717) is 12.8 Å². The molecule has 1 unspecified atom stereocenters. The van der Waals surface area contributed by atoms with Crippen molar-refractivity contribution < 1.29 is 18.3 Å². The van der Waals surface area contributed by atoms with Crippen molar-refractivity contribution in [3.8, 4) is 0 Å². The molecule has 1 rings (SSSR count). The van der Waals surface area contributed by atoms with Crippen molar-refractivity contribution in [1.82, 2.24) is 0 Å². The van der Waals surface area contributed by atoms with Crippen LogP contribution in [0.1, 0.15) is 40.5 Å². The summed E-state index contributed by atoms with van der Waals surface area (Å²) in [6.07, 6.45) is -1.26. The van der Waals surface area contributed by atoms with Crippen LogP contribution in [0.4, 0.5) is 8.78 Å². The van der Waals surface area contributed by atoms with Crippen LogP contribution in [-0.2, 0) is 9.53 Å².